The van der Waals surface area contributed by atoms with Crippen molar-refractivity contribution in [2.45, 2.75) is 31.8 Å². The number of amides is 3. The monoisotopic (exact) mass is 453 g/mol. The molecule has 0 aromatic heterocycles. The fraction of sp³-hybridized carbons (Fsp3) is 0.400. The molecule has 174 valence electrons. The maximum Gasteiger partial charge on any atom is 0.253 e. The van der Waals surface area contributed by atoms with Gasteiger partial charge in [0.25, 0.3) is 11.8 Å². The Morgan fingerprint density at radius 3 is 2.58 bits per heavy atom. The van der Waals surface area contributed by atoms with Gasteiger partial charge in [0, 0.05) is 31.8 Å². The molecule has 0 saturated carbocycles. The molecule has 4 rings (SSSR count). The number of likely N-dealkylation sites (tertiary alicyclic amines) is 1. The smallest absolute Gasteiger partial charge is 0.253 e. The highest BCUT2D eigenvalue weighted by Gasteiger charge is 2.29. The number of carbonyl (C=O) groups excluding carboxylic acids is 3. The van der Waals surface area contributed by atoms with Crippen LogP contribution in [0.3, 0.4) is 0 Å². The molecule has 0 radical (unpaired) electrons. The van der Waals surface area contributed by atoms with Gasteiger partial charge in [-0.25, -0.2) is 4.39 Å². The van der Waals surface area contributed by atoms with Crippen molar-refractivity contribution in [1.29, 1.82) is 0 Å². The molecule has 2 aromatic rings. The summed E-state index contributed by atoms with van der Waals surface area (Å²) in [6, 6.07) is 12.3. The number of halogens is 1. The first-order chi connectivity index (χ1) is 16.0. The number of rotatable bonds is 6. The van der Waals surface area contributed by atoms with Crippen LogP contribution in [0.25, 0.3) is 0 Å². The summed E-state index contributed by atoms with van der Waals surface area (Å²) in [7, 11) is 0. The molecule has 8 heteroatoms. The minimum Gasteiger partial charge on any atom is -0.376 e. The number of piperidine rings is 1. The molecule has 0 aliphatic carbocycles. The van der Waals surface area contributed by atoms with Gasteiger partial charge in [-0.15, -0.1) is 0 Å². The van der Waals surface area contributed by atoms with Gasteiger partial charge < -0.3 is 20.3 Å². The Kier molecular flexibility index (Phi) is 7.34. The summed E-state index contributed by atoms with van der Waals surface area (Å²) >= 11 is 0. The summed E-state index contributed by atoms with van der Waals surface area (Å²) in [6.07, 6.45) is 3.28. The van der Waals surface area contributed by atoms with Crippen LogP contribution in [0.1, 0.15) is 46.4 Å². The SMILES string of the molecule is O=C(NCC1CCCO1)c1ccccc1NC(=O)C1CCCN(C(=O)c2ccc(F)cc2)C1. The highest BCUT2D eigenvalue weighted by molar-refractivity contribution is 6.04. The molecule has 2 aliphatic rings. The van der Waals surface area contributed by atoms with Crippen molar-refractivity contribution in [2.75, 3.05) is 31.6 Å². The maximum atomic E-state index is 13.2. The third-order valence-electron chi connectivity index (χ3n) is 6.11. The molecule has 33 heavy (non-hydrogen) atoms. The minimum absolute atomic E-state index is 0.0302. The topological polar surface area (TPSA) is 87.7 Å². The van der Waals surface area contributed by atoms with E-state index in [1.807, 2.05) is 0 Å². The van der Waals surface area contributed by atoms with E-state index in [1.54, 1.807) is 29.2 Å². The normalized spacial score (nSPS) is 20.3. The Morgan fingerprint density at radius 2 is 1.82 bits per heavy atom. The average Bonchev–Trinajstić information content (AvgIpc) is 3.37. The summed E-state index contributed by atoms with van der Waals surface area (Å²) in [4.78, 5) is 40.1. The molecule has 2 aliphatic heterocycles. The van der Waals surface area contributed by atoms with E-state index in [0.717, 1.165) is 19.4 Å². The molecule has 2 aromatic carbocycles. The Bertz CT molecular complexity index is 1000. The van der Waals surface area contributed by atoms with E-state index in [4.69, 9.17) is 4.74 Å². The molecule has 3 amide bonds. The van der Waals surface area contributed by atoms with Gasteiger partial charge in [-0.3, -0.25) is 14.4 Å². The Hall–Kier alpha value is -3.26. The number of hydrogen-bond donors (Lipinski definition) is 2. The first-order valence-electron chi connectivity index (χ1n) is 11.4. The number of nitrogens with one attached hydrogen (secondary N) is 2. The lowest BCUT2D eigenvalue weighted by Crippen LogP contribution is -2.44. The maximum absolute atomic E-state index is 13.2. The number of hydrogen-bond acceptors (Lipinski definition) is 4. The fourth-order valence-electron chi connectivity index (χ4n) is 4.28. The largest absolute Gasteiger partial charge is 0.376 e. The van der Waals surface area contributed by atoms with Crippen LogP contribution in [0.2, 0.25) is 0 Å². The van der Waals surface area contributed by atoms with Gasteiger partial charge in [-0.1, -0.05) is 12.1 Å². The first kappa shape index (κ1) is 22.9. The van der Waals surface area contributed by atoms with Crippen molar-refractivity contribution in [3.8, 4) is 0 Å². The lowest BCUT2D eigenvalue weighted by molar-refractivity contribution is -0.121. The Labute approximate surface area is 192 Å². The van der Waals surface area contributed by atoms with Crippen molar-refractivity contribution in [3.05, 3.63) is 65.5 Å². The molecule has 0 spiro atoms. The highest BCUT2D eigenvalue weighted by Crippen LogP contribution is 2.22. The Balaban J connectivity index is 1.38. The molecule has 2 atom stereocenters. The van der Waals surface area contributed by atoms with Gasteiger partial charge >= 0.3 is 0 Å². The van der Waals surface area contributed by atoms with Crippen LogP contribution >= 0.6 is 0 Å². The highest BCUT2D eigenvalue weighted by atomic mass is 19.1. The van der Waals surface area contributed by atoms with Gasteiger partial charge in [0.1, 0.15) is 5.82 Å². The third-order valence-corrected chi connectivity index (χ3v) is 6.11. The van der Waals surface area contributed by atoms with Crippen molar-refractivity contribution < 1.29 is 23.5 Å². The summed E-state index contributed by atoms with van der Waals surface area (Å²) in [5, 5.41) is 5.76. The van der Waals surface area contributed by atoms with E-state index in [2.05, 4.69) is 10.6 Å². The second kappa shape index (κ2) is 10.6. The average molecular weight is 454 g/mol. The van der Waals surface area contributed by atoms with Crippen LogP contribution in [-0.4, -0.2) is 55.0 Å². The van der Waals surface area contributed by atoms with Crippen molar-refractivity contribution >= 4 is 23.4 Å². The summed E-state index contributed by atoms with van der Waals surface area (Å²) in [5.74, 6) is -1.52. The number of benzene rings is 2. The molecular weight excluding hydrogens is 425 g/mol. The van der Waals surface area contributed by atoms with Crippen LogP contribution in [0.4, 0.5) is 10.1 Å². The zero-order valence-corrected chi connectivity index (χ0v) is 18.4. The second-order valence-corrected chi connectivity index (χ2v) is 8.48. The van der Waals surface area contributed by atoms with Gasteiger partial charge in [-0.2, -0.15) is 0 Å². The number of para-hydroxylation sites is 1. The number of ether oxygens (including phenoxy) is 1. The van der Waals surface area contributed by atoms with Gasteiger partial charge in [0.15, 0.2) is 0 Å². The fourth-order valence-corrected chi connectivity index (χ4v) is 4.28. The summed E-state index contributed by atoms with van der Waals surface area (Å²) in [5.41, 5.74) is 1.22. The van der Waals surface area contributed by atoms with Crippen LogP contribution in [-0.2, 0) is 9.53 Å². The quantitative estimate of drug-likeness (QED) is 0.703. The number of carbonyl (C=O) groups is 3. The molecule has 2 unspecified atom stereocenters. The third kappa shape index (κ3) is 5.76. The first-order valence-corrected chi connectivity index (χ1v) is 11.4. The van der Waals surface area contributed by atoms with Gasteiger partial charge in [-0.05, 0) is 62.1 Å². The van der Waals surface area contributed by atoms with Crippen LogP contribution in [0.5, 0.6) is 0 Å². The van der Waals surface area contributed by atoms with Crippen molar-refractivity contribution in [1.82, 2.24) is 10.2 Å². The van der Waals surface area contributed by atoms with E-state index >= 15 is 0 Å². The van der Waals surface area contributed by atoms with Crippen LogP contribution < -0.4 is 10.6 Å². The predicted molar refractivity (Wildman–Crippen MR) is 121 cm³/mol. The number of nitrogens with zero attached hydrogens (tertiary/aromatic N) is 1. The second-order valence-electron chi connectivity index (χ2n) is 8.48. The lowest BCUT2D eigenvalue weighted by Gasteiger charge is -2.32. The van der Waals surface area contributed by atoms with E-state index in [-0.39, 0.29) is 30.4 Å². The molecule has 2 heterocycles. The van der Waals surface area contributed by atoms with Crippen molar-refractivity contribution in [2.24, 2.45) is 5.92 Å². The summed E-state index contributed by atoms with van der Waals surface area (Å²) < 4.78 is 18.7. The van der Waals surface area contributed by atoms with Gasteiger partial charge in [0.05, 0.1) is 23.3 Å². The van der Waals surface area contributed by atoms with E-state index < -0.39 is 11.7 Å². The predicted octanol–water partition coefficient (Wildman–Crippen LogP) is 3.23. The van der Waals surface area contributed by atoms with Gasteiger partial charge in [0.2, 0.25) is 5.91 Å². The molecule has 2 saturated heterocycles. The molecule has 2 fully saturated rings. The van der Waals surface area contributed by atoms with Crippen molar-refractivity contribution in [3.63, 3.8) is 0 Å². The van der Waals surface area contributed by atoms with Crippen LogP contribution in [0, 0.1) is 11.7 Å². The molecular formula is C25H28FN3O4. The Morgan fingerprint density at radius 1 is 1.03 bits per heavy atom. The standard InChI is InChI=1S/C25H28FN3O4/c26-19-11-9-17(10-12-19)25(32)29-13-3-5-18(16-29)23(30)28-22-8-2-1-7-21(22)24(31)27-15-20-6-4-14-33-20/h1-2,7-12,18,20H,3-6,13-16H2,(H,27,31)(H,28,30). The number of anilines is 1. The zero-order chi connectivity index (χ0) is 23.2. The lowest BCUT2D eigenvalue weighted by atomic mass is 9.96. The van der Waals surface area contributed by atoms with E-state index in [0.29, 0.717) is 42.7 Å². The van der Waals surface area contributed by atoms with E-state index in [9.17, 15) is 18.8 Å². The van der Waals surface area contributed by atoms with Crippen LogP contribution in [0.15, 0.2) is 48.5 Å². The minimum atomic E-state index is -0.402. The van der Waals surface area contributed by atoms with E-state index in [1.165, 1.54) is 24.3 Å². The molecule has 7 nitrogen and oxygen atoms in total. The zero-order valence-electron chi connectivity index (χ0n) is 18.4. The summed E-state index contributed by atoms with van der Waals surface area (Å²) in [6.45, 7) is 1.97. The molecule has 2 N–H and O–H groups in total. The molecule has 0 bridgehead atoms.